The highest BCUT2D eigenvalue weighted by Gasteiger charge is 2.20. The van der Waals surface area contributed by atoms with Crippen LogP contribution in [0.4, 0.5) is 0 Å². The molecule has 0 saturated heterocycles. The Hall–Kier alpha value is -0.720. The smallest absolute Gasteiger partial charge is 0.320 e. The summed E-state index contributed by atoms with van der Waals surface area (Å²) in [7, 11) is 3.38. The van der Waals surface area contributed by atoms with E-state index in [2.05, 4.69) is 9.44 Å². The largest absolute Gasteiger partial charge is 0.480 e. The Morgan fingerprint density at radius 2 is 1.14 bits per heavy atom. The zero-order chi connectivity index (χ0) is 17.1. The zero-order valence-corrected chi connectivity index (χ0v) is 15.0. The summed E-state index contributed by atoms with van der Waals surface area (Å²) in [6.45, 7) is 3.39. The van der Waals surface area contributed by atoms with Crippen molar-refractivity contribution in [3.63, 3.8) is 0 Å². The lowest BCUT2D eigenvalue weighted by Crippen LogP contribution is -2.33. The van der Waals surface area contributed by atoms with E-state index in [9.17, 15) is 19.2 Å². The predicted octanol–water partition coefficient (Wildman–Crippen LogP) is 1.54. The van der Waals surface area contributed by atoms with E-state index >= 15 is 0 Å². The van der Waals surface area contributed by atoms with Gasteiger partial charge in [-0.1, -0.05) is 35.4 Å². The normalized spacial score (nSPS) is 13.0. The van der Waals surface area contributed by atoms with Crippen molar-refractivity contribution in [2.75, 3.05) is 0 Å². The highest BCUT2D eigenvalue weighted by atomic mass is 33.1. The van der Waals surface area contributed by atoms with Gasteiger partial charge in [0, 0.05) is 22.0 Å². The van der Waals surface area contributed by atoms with Gasteiger partial charge in [0.2, 0.25) is 0 Å². The quantitative estimate of drug-likeness (QED) is 0.248. The number of amides is 2. The Morgan fingerprint density at radius 3 is 1.36 bits per heavy atom. The van der Waals surface area contributed by atoms with Crippen LogP contribution in [0.1, 0.15) is 26.7 Å². The van der Waals surface area contributed by atoms with E-state index < -0.39 is 34.3 Å². The Kier molecular flexibility index (Phi) is 11.4. The minimum absolute atomic E-state index is 0.384. The number of carboxylic acid groups (broad SMARTS) is 2. The van der Waals surface area contributed by atoms with E-state index in [1.54, 1.807) is 13.8 Å². The topological polar surface area (TPSA) is 133 Å². The first-order valence-electron chi connectivity index (χ1n) is 6.03. The van der Waals surface area contributed by atoms with Gasteiger partial charge < -0.3 is 10.2 Å². The first kappa shape index (κ1) is 21.3. The number of hydrogen-bond donors (Lipinski definition) is 4. The minimum Gasteiger partial charge on any atom is -0.480 e. The van der Waals surface area contributed by atoms with Crippen molar-refractivity contribution < 1.29 is 29.4 Å². The molecule has 0 saturated carbocycles. The molecule has 2 atom stereocenters. The van der Waals surface area contributed by atoms with Crippen molar-refractivity contribution in [3.8, 4) is 0 Å². The fraction of sp³-hybridized carbons (Fsp3) is 0.600. The molecular weight excluding hydrogens is 372 g/mol. The maximum absolute atomic E-state index is 11.4. The van der Waals surface area contributed by atoms with E-state index in [1.807, 2.05) is 0 Å². The monoisotopic (exact) mass is 388 g/mol. The molecule has 4 N–H and O–H groups in total. The number of aliphatic carboxylic acids is 2. The van der Waals surface area contributed by atoms with Crippen molar-refractivity contribution in [1.82, 2.24) is 9.44 Å². The summed E-state index contributed by atoms with van der Waals surface area (Å²) >= 11 is 0. The summed E-state index contributed by atoms with van der Waals surface area (Å²) in [4.78, 5) is 44.3. The number of nitrogens with one attached hydrogen (secondary N) is 2. The summed E-state index contributed by atoms with van der Waals surface area (Å²) in [5.41, 5.74) is 0. The first-order chi connectivity index (χ1) is 10.3. The van der Waals surface area contributed by atoms with Gasteiger partial charge in [0.25, 0.3) is 0 Å². The summed E-state index contributed by atoms with van der Waals surface area (Å²) < 4.78 is 4.41. The number of rotatable bonds is 10. The number of hydrogen-bond acceptors (Lipinski definition) is 8. The van der Waals surface area contributed by atoms with Crippen LogP contribution in [0, 0.1) is 0 Å². The van der Waals surface area contributed by atoms with E-state index in [1.165, 1.54) is 0 Å². The van der Waals surface area contributed by atoms with E-state index in [0.717, 1.165) is 43.5 Å². The van der Waals surface area contributed by atoms with E-state index in [-0.39, 0.29) is 0 Å². The van der Waals surface area contributed by atoms with E-state index in [0.29, 0.717) is 12.8 Å². The van der Waals surface area contributed by atoms with Gasteiger partial charge >= 0.3 is 23.8 Å². The zero-order valence-electron chi connectivity index (χ0n) is 11.7. The second kappa shape index (κ2) is 11.8. The molecule has 0 radical (unpaired) electrons. The number of carboxylic acids is 2. The van der Waals surface area contributed by atoms with Gasteiger partial charge in [-0.15, -0.1) is 0 Å². The molecule has 0 aromatic carbocycles. The lowest BCUT2D eigenvalue weighted by molar-refractivity contribution is -0.137. The molecule has 0 heterocycles. The third kappa shape index (κ3) is 8.66. The van der Waals surface area contributed by atoms with Crippen LogP contribution in [-0.4, -0.2) is 44.5 Å². The van der Waals surface area contributed by atoms with E-state index in [4.69, 9.17) is 10.2 Å². The minimum atomic E-state index is -0.995. The number of carbonyl (C=O) groups excluding carboxylic acids is 2. The van der Waals surface area contributed by atoms with Gasteiger partial charge in [-0.05, 0) is 12.8 Å². The third-order valence-electron chi connectivity index (χ3n) is 2.10. The number of carbonyl (C=O) groups is 4. The summed E-state index contributed by atoms with van der Waals surface area (Å²) in [6, 6.07) is 0. The van der Waals surface area contributed by atoms with Crippen LogP contribution in [-0.2, 0) is 19.2 Å². The fourth-order valence-corrected chi connectivity index (χ4v) is 4.75. The SMILES string of the molecule is CCC(SSNC(=O)C(=O)NSSC(CC)C(=O)O)C(=O)O. The summed E-state index contributed by atoms with van der Waals surface area (Å²) in [6.07, 6.45) is 0.768. The van der Waals surface area contributed by atoms with Crippen molar-refractivity contribution in [1.29, 1.82) is 0 Å². The molecule has 12 heteroatoms. The van der Waals surface area contributed by atoms with Crippen molar-refractivity contribution in [3.05, 3.63) is 0 Å². The van der Waals surface area contributed by atoms with Gasteiger partial charge in [-0.2, -0.15) is 0 Å². The molecular formula is C10H16N2O6S4. The van der Waals surface area contributed by atoms with Gasteiger partial charge in [-0.3, -0.25) is 28.6 Å². The lowest BCUT2D eigenvalue weighted by atomic mass is 10.3. The highest BCUT2D eigenvalue weighted by Crippen LogP contribution is 2.27. The molecule has 8 nitrogen and oxygen atoms in total. The Balaban J connectivity index is 4.00. The molecule has 0 aromatic rings. The van der Waals surface area contributed by atoms with Crippen LogP contribution in [0.15, 0.2) is 0 Å². The summed E-state index contributed by atoms with van der Waals surface area (Å²) in [5, 5.41) is 16.2. The van der Waals surface area contributed by atoms with Crippen LogP contribution >= 0.6 is 43.5 Å². The Morgan fingerprint density at radius 1 is 0.818 bits per heavy atom. The Labute approximate surface area is 143 Å². The molecule has 2 unspecified atom stereocenters. The molecule has 0 rings (SSSR count). The average Bonchev–Trinajstić information content (AvgIpc) is 2.46. The van der Waals surface area contributed by atoms with Crippen LogP contribution < -0.4 is 9.44 Å². The standard InChI is InChI=1S/C10H16N2O6S4/c1-3-5(9(15)16)19-21-11-7(13)8(14)12-22-20-6(4-2)10(17)18/h5-6H,3-4H2,1-2H3,(H,11,13)(H,12,14)(H,15,16)(H,17,18). The molecule has 0 aliphatic heterocycles. The third-order valence-corrected chi connectivity index (χ3v) is 6.83. The van der Waals surface area contributed by atoms with Crippen molar-refractivity contribution >= 4 is 67.3 Å². The highest BCUT2D eigenvalue weighted by molar-refractivity contribution is 8.76. The van der Waals surface area contributed by atoms with Crippen LogP contribution in [0.5, 0.6) is 0 Å². The van der Waals surface area contributed by atoms with Gasteiger partial charge in [-0.25, -0.2) is 0 Å². The maximum atomic E-state index is 11.4. The van der Waals surface area contributed by atoms with Crippen LogP contribution in [0.25, 0.3) is 0 Å². The second-order valence-corrected chi connectivity index (χ2v) is 8.11. The molecule has 0 spiro atoms. The predicted molar refractivity (Wildman–Crippen MR) is 90.1 cm³/mol. The van der Waals surface area contributed by atoms with Crippen LogP contribution in [0.3, 0.4) is 0 Å². The summed E-state index contributed by atoms with van der Waals surface area (Å²) in [5.74, 6) is -3.86. The van der Waals surface area contributed by atoms with Crippen molar-refractivity contribution in [2.24, 2.45) is 0 Å². The molecule has 126 valence electrons. The van der Waals surface area contributed by atoms with Gasteiger partial charge in [0.15, 0.2) is 0 Å². The molecule has 0 aliphatic rings. The van der Waals surface area contributed by atoms with Crippen LogP contribution in [0.2, 0.25) is 0 Å². The molecule has 0 bridgehead atoms. The molecule has 22 heavy (non-hydrogen) atoms. The molecule has 0 aromatic heterocycles. The first-order valence-corrected chi connectivity index (χ1v) is 10.5. The van der Waals surface area contributed by atoms with Gasteiger partial charge in [0.05, 0.1) is 0 Å². The Bertz CT molecular complexity index is 384. The molecule has 0 fully saturated rings. The van der Waals surface area contributed by atoms with Crippen molar-refractivity contribution in [2.45, 2.75) is 37.2 Å². The molecule has 0 aliphatic carbocycles. The maximum Gasteiger partial charge on any atom is 0.320 e. The second-order valence-electron chi connectivity index (χ2n) is 3.69. The lowest BCUT2D eigenvalue weighted by Gasteiger charge is -2.09. The average molecular weight is 389 g/mol. The van der Waals surface area contributed by atoms with Gasteiger partial charge in [0.1, 0.15) is 10.5 Å². The fourth-order valence-electron chi connectivity index (χ4n) is 0.900. The molecule has 2 amide bonds.